The topological polar surface area (TPSA) is 67.9 Å². The number of fused-ring (bicyclic) bond motifs is 4. The summed E-state index contributed by atoms with van der Waals surface area (Å²) in [5.41, 5.74) is 1.94. The van der Waals surface area contributed by atoms with E-state index in [9.17, 15) is 9.59 Å². The van der Waals surface area contributed by atoms with Crippen molar-refractivity contribution in [2.75, 3.05) is 12.0 Å². The maximum absolute atomic E-state index is 13.0. The first kappa shape index (κ1) is 17.7. The number of ether oxygens (including phenoxy) is 2. The monoisotopic (exact) mass is 386 g/mol. The van der Waals surface area contributed by atoms with Crippen LogP contribution in [-0.2, 0) is 4.74 Å². The fraction of sp³-hybridized carbons (Fsp3) is 0.300. The van der Waals surface area contributed by atoms with Crippen molar-refractivity contribution in [2.24, 2.45) is 0 Å². The molecule has 2 aromatic carbocycles. The molecule has 0 unspecified atom stereocenters. The number of rotatable bonds is 2. The van der Waals surface area contributed by atoms with Gasteiger partial charge in [0.25, 0.3) is 0 Å². The van der Waals surface area contributed by atoms with E-state index in [-0.39, 0.29) is 12.1 Å². The van der Waals surface area contributed by atoms with Crippen molar-refractivity contribution in [2.45, 2.75) is 32.0 Å². The lowest BCUT2D eigenvalue weighted by Crippen LogP contribution is -2.65. The molecule has 7 heteroatoms. The van der Waals surface area contributed by atoms with E-state index in [4.69, 9.17) is 21.1 Å². The molecule has 1 fully saturated rings. The summed E-state index contributed by atoms with van der Waals surface area (Å²) in [5, 5.41) is 3.57. The number of urea groups is 1. The smallest absolute Gasteiger partial charge is 0.337 e. The molecule has 0 saturated carbocycles. The van der Waals surface area contributed by atoms with E-state index in [1.807, 2.05) is 19.9 Å². The number of amides is 2. The number of benzene rings is 2. The van der Waals surface area contributed by atoms with Crippen molar-refractivity contribution in [3.05, 3.63) is 58.1 Å². The van der Waals surface area contributed by atoms with Gasteiger partial charge < -0.3 is 14.8 Å². The second-order valence-electron chi connectivity index (χ2n) is 6.99. The van der Waals surface area contributed by atoms with Gasteiger partial charge in [-0.25, -0.2) is 9.59 Å². The van der Waals surface area contributed by atoms with Gasteiger partial charge in [-0.3, -0.25) is 4.90 Å². The van der Waals surface area contributed by atoms with Gasteiger partial charge in [0.15, 0.2) is 5.72 Å². The number of nitrogens with zero attached hydrogens (tertiary/aromatic N) is 1. The molecule has 2 aliphatic rings. The summed E-state index contributed by atoms with van der Waals surface area (Å²) in [4.78, 5) is 26.4. The van der Waals surface area contributed by atoms with E-state index >= 15 is 0 Å². The molecule has 2 atom stereocenters. The quantitative estimate of drug-likeness (QED) is 0.785. The molecule has 2 aromatic rings. The third kappa shape index (κ3) is 2.80. The van der Waals surface area contributed by atoms with Crippen LogP contribution in [0.4, 0.5) is 10.5 Å². The largest absolute Gasteiger partial charge is 0.467 e. The molecule has 140 valence electrons. The zero-order valence-corrected chi connectivity index (χ0v) is 16.0. The minimum Gasteiger partial charge on any atom is -0.467 e. The van der Waals surface area contributed by atoms with Crippen LogP contribution in [0.5, 0.6) is 5.75 Å². The zero-order chi connectivity index (χ0) is 19.3. The lowest BCUT2D eigenvalue weighted by Gasteiger charge is -2.51. The molecule has 27 heavy (non-hydrogen) atoms. The number of nitrogens with one attached hydrogen (secondary N) is 1. The molecule has 2 bridgehead atoms. The molecule has 1 N–H and O–H groups in total. The summed E-state index contributed by atoms with van der Waals surface area (Å²) in [6.45, 7) is 3.81. The van der Waals surface area contributed by atoms with Gasteiger partial charge in [-0.2, -0.15) is 0 Å². The van der Waals surface area contributed by atoms with Crippen LogP contribution >= 0.6 is 11.6 Å². The van der Waals surface area contributed by atoms with E-state index in [1.165, 1.54) is 7.11 Å². The van der Waals surface area contributed by atoms with Crippen LogP contribution in [0.2, 0.25) is 5.02 Å². The first-order valence-corrected chi connectivity index (χ1v) is 8.98. The normalized spacial score (nSPS) is 23.2. The molecule has 1 saturated heterocycles. The molecule has 2 heterocycles. The Morgan fingerprint density at radius 3 is 2.85 bits per heavy atom. The van der Waals surface area contributed by atoms with Crippen LogP contribution in [0.15, 0.2) is 36.4 Å². The Labute approximate surface area is 162 Å². The molecule has 6 nitrogen and oxygen atoms in total. The average Bonchev–Trinajstić information content (AvgIpc) is 2.63. The molecular weight excluding hydrogens is 368 g/mol. The minimum atomic E-state index is -0.873. The summed E-state index contributed by atoms with van der Waals surface area (Å²) in [6.07, 6.45) is 0.530. The fourth-order valence-corrected chi connectivity index (χ4v) is 3.97. The van der Waals surface area contributed by atoms with Gasteiger partial charge in [0.2, 0.25) is 0 Å². The Balaban J connectivity index is 1.78. The van der Waals surface area contributed by atoms with Gasteiger partial charge in [0.05, 0.1) is 24.4 Å². The maximum atomic E-state index is 13.0. The predicted octanol–water partition coefficient (Wildman–Crippen LogP) is 4.20. The molecule has 2 aliphatic heterocycles. The number of esters is 1. The van der Waals surface area contributed by atoms with E-state index < -0.39 is 11.7 Å². The van der Waals surface area contributed by atoms with Gasteiger partial charge in [0.1, 0.15) is 5.75 Å². The van der Waals surface area contributed by atoms with Gasteiger partial charge in [-0.05, 0) is 49.7 Å². The molecule has 4 rings (SSSR count). The summed E-state index contributed by atoms with van der Waals surface area (Å²) in [7, 11) is 1.34. The van der Waals surface area contributed by atoms with E-state index in [0.29, 0.717) is 28.4 Å². The molecule has 0 radical (unpaired) electrons. The van der Waals surface area contributed by atoms with Crippen LogP contribution in [-0.4, -0.2) is 24.8 Å². The summed E-state index contributed by atoms with van der Waals surface area (Å²) in [5.74, 6) is 0.204. The van der Waals surface area contributed by atoms with Crippen molar-refractivity contribution >= 4 is 29.3 Å². The van der Waals surface area contributed by atoms with Crippen molar-refractivity contribution in [3.8, 4) is 5.75 Å². The number of halogens is 1. The lowest BCUT2D eigenvalue weighted by molar-refractivity contribution is 0.0376. The Kier molecular flexibility index (Phi) is 4.03. The highest BCUT2D eigenvalue weighted by atomic mass is 35.5. The Morgan fingerprint density at radius 1 is 1.33 bits per heavy atom. The van der Waals surface area contributed by atoms with Crippen molar-refractivity contribution in [3.63, 3.8) is 0 Å². The predicted molar refractivity (Wildman–Crippen MR) is 101 cm³/mol. The highest BCUT2D eigenvalue weighted by molar-refractivity contribution is 6.31. The first-order chi connectivity index (χ1) is 12.8. The second kappa shape index (κ2) is 6.16. The Morgan fingerprint density at radius 2 is 2.11 bits per heavy atom. The number of hydrogen-bond acceptors (Lipinski definition) is 4. The molecule has 0 aliphatic carbocycles. The number of anilines is 1. The van der Waals surface area contributed by atoms with Crippen LogP contribution < -0.4 is 15.0 Å². The molecule has 0 aromatic heterocycles. The third-order valence-corrected chi connectivity index (χ3v) is 5.34. The van der Waals surface area contributed by atoms with Crippen LogP contribution in [0.25, 0.3) is 0 Å². The SMILES string of the molecule is COC(=O)c1ccc2c(c1)[C@H]1C[C@@](C)(O2)N(c2cc(Cl)ccc2C)C(=O)N1. The van der Waals surface area contributed by atoms with E-state index in [1.54, 1.807) is 35.2 Å². The van der Waals surface area contributed by atoms with Crippen LogP contribution in [0.3, 0.4) is 0 Å². The van der Waals surface area contributed by atoms with Crippen LogP contribution in [0.1, 0.15) is 40.9 Å². The summed E-state index contributed by atoms with van der Waals surface area (Å²) >= 11 is 6.16. The molecule has 0 spiro atoms. The number of aryl methyl sites for hydroxylation is 1. The Bertz CT molecular complexity index is 961. The zero-order valence-electron chi connectivity index (χ0n) is 15.2. The Hall–Kier alpha value is -2.73. The second-order valence-corrected chi connectivity index (χ2v) is 7.43. The molecule has 2 amide bonds. The summed E-state index contributed by atoms with van der Waals surface area (Å²) in [6, 6.07) is 10.0. The van der Waals surface area contributed by atoms with Gasteiger partial charge >= 0.3 is 12.0 Å². The van der Waals surface area contributed by atoms with Crippen LogP contribution in [0, 0.1) is 6.92 Å². The van der Waals surface area contributed by atoms with E-state index in [2.05, 4.69) is 5.32 Å². The fourth-order valence-electron chi connectivity index (χ4n) is 3.81. The van der Waals surface area contributed by atoms with Gasteiger partial charge in [-0.15, -0.1) is 0 Å². The number of carbonyl (C=O) groups is 2. The first-order valence-electron chi connectivity index (χ1n) is 8.60. The van der Waals surface area contributed by atoms with Crippen molar-refractivity contribution in [1.29, 1.82) is 0 Å². The molecular formula is C20H19ClN2O4. The third-order valence-electron chi connectivity index (χ3n) is 5.10. The maximum Gasteiger partial charge on any atom is 0.337 e. The number of hydrogen-bond donors (Lipinski definition) is 1. The van der Waals surface area contributed by atoms with E-state index in [0.717, 1.165) is 11.1 Å². The highest BCUT2D eigenvalue weighted by Gasteiger charge is 2.50. The van der Waals surface area contributed by atoms with Gasteiger partial charge in [-0.1, -0.05) is 17.7 Å². The average molecular weight is 387 g/mol. The summed E-state index contributed by atoms with van der Waals surface area (Å²) < 4.78 is 11.0. The lowest BCUT2D eigenvalue weighted by atomic mass is 9.89. The number of carbonyl (C=O) groups excluding carboxylic acids is 2. The highest BCUT2D eigenvalue weighted by Crippen LogP contribution is 2.46. The van der Waals surface area contributed by atoms with Gasteiger partial charge in [0, 0.05) is 17.0 Å². The standard InChI is InChI=1S/C20H19ClN2O4/c1-11-4-6-13(21)9-16(11)23-19(25)22-15-10-20(23,2)27-17-7-5-12(8-14(15)17)18(24)26-3/h4-9,15H,10H2,1-3H3,(H,22,25)/t15-,20-/m1/s1. The minimum absolute atomic E-state index is 0.258. The van der Waals surface area contributed by atoms with Crippen molar-refractivity contribution < 1.29 is 19.1 Å². The number of methoxy groups -OCH3 is 1. The van der Waals surface area contributed by atoms with Crippen molar-refractivity contribution in [1.82, 2.24) is 5.32 Å².